The fraction of sp³-hybridized carbons (Fsp3) is 0.0417. The van der Waals surface area contributed by atoms with Crippen LogP contribution in [0.2, 0.25) is 0 Å². The lowest BCUT2D eigenvalue weighted by Crippen LogP contribution is -2.06. The summed E-state index contributed by atoms with van der Waals surface area (Å²) in [4.78, 5) is 0. The second kappa shape index (κ2) is 11.2. The molecular formula is C48H33N. The third kappa shape index (κ3) is 4.40. The van der Waals surface area contributed by atoms with Gasteiger partial charge in [0.1, 0.15) is 0 Å². The minimum Gasteiger partial charge on any atom is -0.312 e. The van der Waals surface area contributed by atoms with Gasteiger partial charge in [-0.15, -0.1) is 0 Å². The van der Waals surface area contributed by atoms with Crippen LogP contribution in [0.1, 0.15) is 17.9 Å². The third-order valence-electron chi connectivity index (χ3n) is 10.5. The van der Waals surface area contributed by atoms with Crippen LogP contribution in [-0.4, -0.2) is 4.57 Å². The van der Waals surface area contributed by atoms with E-state index >= 15 is 0 Å². The summed E-state index contributed by atoms with van der Waals surface area (Å²) in [5.74, 6) is 0.294. The maximum absolute atomic E-state index is 2.57. The van der Waals surface area contributed by atoms with E-state index in [1.165, 1.54) is 87.6 Å². The molecular weight excluding hydrogens is 591 g/mol. The van der Waals surface area contributed by atoms with E-state index in [0.29, 0.717) is 5.92 Å². The Hall–Kier alpha value is -6.18. The average molecular weight is 624 g/mol. The van der Waals surface area contributed by atoms with E-state index in [9.17, 15) is 0 Å². The van der Waals surface area contributed by atoms with Crippen LogP contribution in [0.4, 0.5) is 0 Å². The number of para-hydroxylation sites is 1. The van der Waals surface area contributed by atoms with E-state index in [4.69, 9.17) is 0 Å². The van der Waals surface area contributed by atoms with Gasteiger partial charge in [-0.05, 0) is 74.0 Å². The van der Waals surface area contributed by atoms with Crippen molar-refractivity contribution in [3.63, 3.8) is 0 Å². The van der Waals surface area contributed by atoms with E-state index in [1.54, 1.807) is 0 Å². The number of fused-ring (bicyclic) bond motifs is 10. The second-order valence-corrected chi connectivity index (χ2v) is 13.2. The van der Waals surface area contributed by atoms with Crippen molar-refractivity contribution >= 4 is 59.8 Å². The Balaban J connectivity index is 1.22. The summed E-state index contributed by atoms with van der Waals surface area (Å²) >= 11 is 0. The fourth-order valence-corrected chi connectivity index (χ4v) is 8.29. The minimum atomic E-state index is 0.294. The van der Waals surface area contributed by atoms with Crippen molar-refractivity contribution < 1.29 is 0 Å². The zero-order valence-corrected chi connectivity index (χ0v) is 27.1. The van der Waals surface area contributed by atoms with Gasteiger partial charge < -0.3 is 4.57 Å². The molecule has 0 saturated heterocycles. The van der Waals surface area contributed by atoms with Gasteiger partial charge in [0.05, 0.1) is 11.0 Å². The highest BCUT2D eigenvalue weighted by atomic mass is 15.0. The molecule has 1 aromatic heterocycles. The Labute approximate surface area is 285 Å². The standard InChI is InChI=1S/C48H33N/c1-3-14-32(15-4-1)33-26-28-34(29-27-33)36-18-13-19-37(30-36)49-45-25-12-11-24-42(45)47-46-40-22-9-7-20-38(40)43(35-16-5-2-6-17-35)31-44(46)39-21-8-10-23-41(39)48(47)49/h1-29,31,36H,30H2. The van der Waals surface area contributed by atoms with Gasteiger partial charge in [0.2, 0.25) is 0 Å². The molecule has 8 aromatic carbocycles. The van der Waals surface area contributed by atoms with Crippen molar-refractivity contribution in [1.82, 2.24) is 4.57 Å². The average Bonchev–Trinajstić information content (AvgIpc) is 3.54. The minimum absolute atomic E-state index is 0.294. The molecule has 0 aliphatic heterocycles. The first-order chi connectivity index (χ1) is 24.3. The van der Waals surface area contributed by atoms with Crippen LogP contribution in [-0.2, 0) is 0 Å². The largest absolute Gasteiger partial charge is 0.312 e. The highest BCUT2D eigenvalue weighted by Gasteiger charge is 2.24. The van der Waals surface area contributed by atoms with Crippen LogP contribution in [0.15, 0.2) is 182 Å². The van der Waals surface area contributed by atoms with E-state index in [1.807, 2.05) is 0 Å². The maximum Gasteiger partial charge on any atom is 0.0622 e. The van der Waals surface area contributed by atoms with Crippen molar-refractivity contribution in [3.8, 4) is 22.3 Å². The molecule has 49 heavy (non-hydrogen) atoms. The van der Waals surface area contributed by atoms with Crippen LogP contribution in [0, 0.1) is 0 Å². The zero-order chi connectivity index (χ0) is 32.3. The summed E-state index contributed by atoms with van der Waals surface area (Å²) in [5.41, 5.74) is 10.2. The number of allylic oxidation sites excluding steroid dienone is 4. The maximum atomic E-state index is 2.57. The number of nitrogens with zero attached hydrogens (tertiary/aromatic N) is 1. The van der Waals surface area contributed by atoms with Crippen molar-refractivity contribution in [2.24, 2.45) is 0 Å². The molecule has 0 amide bonds. The Bertz CT molecular complexity index is 2760. The molecule has 0 saturated carbocycles. The molecule has 0 bridgehead atoms. The molecule has 0 N–H and O–H groups in total. The molecule has 10 rings (SSSR count). The van der Waals surface area contributed by atoms with Gasteiger partial charge in [-0.25, -0.2) is 0 Å². The molecule has 9 aromatic rings. The number of rotatable bonds is 4. The molecule has 1 heterocycles. The second-order valence-electron chi connectivity index (χ2n) is 13.2. The van der Waals surface area contributed by atoms with Gasteiger partial charge in [0.25, 0.3) is 0 Å². The Kier molecular flexibility index (Phi) is 6.38. The molecule has 0 radical (unpaired) electrons. The summed E-state index contributed by atoms with van der Waals surface area (Å²) in [5, 5.41) is 10.4. The van der Waals surface area contributed by atoms with Gasteiger partial charge in [-0.2, -0.15) is 0 Å². The third-order valence-corrected chi connectivity index (χ3v) is 10.5. The number of hydrogen-bond acceptors (Lipinski definition) is 0. The molecule has 1 unspecified atom stereocenters. The van der Waals surface area contributed by atoms with Gasteiger partial charge in [-0.1, -0.05) is 164 Å². The Morgan fingerprint density at radius 3 is 1.80 bits per heavy atom. The lowest BCUT2D eigenvalue weighted by atomic mass is 9.88. The first-order valence-corrected chi connectivity index (χ1v) is 17.2. The van der Waals surface area contributed by atoms with Crippen molar-refractivity contribution in [2.45, 2.75) is 12.3 Å². The molecule has 0 spiro atoms. The first-order valence-electron chi connectivity index (χ1n) is 17.2. The summed E-state index contributed by atoms with van der Waals surface area (Å²) in [7, 11) is 0. The quantitative estimate of drug-likeness (QED) is 0.172. The van der Waals surface area contributed by atoms with Crippen molar-refractivity contribution in [2.75, 3.05) is 0 Å². The highest BCUT2D eigenvalue weighted by Crippen LogP contribution is 2.47. The lowest BCUT2D eigenvalue weighted by molar-refractivity contribution is 0.837. The SMILES string of the molecule is C1=CC(c2ccc(-c3ccccc3)cc2)CC(n2c3ccccc3c3c4c5ccccc5c(-c5ccccc5)cc4c4ccccc4c32)=C1. The van der Waals surface area contributed by atoms with E-state index in [-0.39, 0.29) is 0 Å². The lowest BCUT2D eigenvalue weighted by Gasteiger charge is -2.22. The van der Waals surface area contributed by atoms with Crippen LogP contribution in [0.25, 0.3) is 82.1 Å². The van der Waals surface area contributed by atoms with Gasteiger partial charge in [0, 0.05) is 33.2 Å². The van der Waals surface area contributed by atoms with Crippen LogP contribution >= 0.6 is 0 Å². The van der Waals surface area contributed by atoms with Gasteiger partial charge in [-0.3, -0.25) is 0 Å². The van der Waals surface area contributed by atoms with Gasteiger partial charge in [0.15, 0.2) is 0 Å². The molecule has 1 atom stereocenters. The first kappa shape index (κ1) is 27.9. The fourth-order valence-electron chi connectivity index (χ4n) is 8.29. The summed E-state index contributed by atoms with van der Waals surface area (Å²) in [6.45, 7) is 0. The highest BCUT2D eigenvalue weighted by molar-refractivity contribution is 6.38. The molecule has 0 fully saturated rings. The van der Waals surface area contributed by atoms with Gasteiger partial charge >= 0.3 is 0 Å². The molecule has 230 valence electrons. The predicted molar refractivity (Wildman–Crippen MR) is 210 cm³/mol. The van der Waals surface area contributed by atoms with Crippen LogP contribution in [0.5, 0.6) is 0 Å². The van der Waals surface area contributed by atoms with Crippen molar-refractivity contribution in [3.05, 3.63) is 188 Å². The molecule has 1 aliphatic carbocycles. The zero-order valence-electron chi connectivity index (χ0n) is 27.1. The van der Waals surface area contributed by atoms with E-state index in [2.05, 4.69) is 187 Å². The number of benzene rings is 8. The molecule has 1 nitrogen and oxygen atoms in total. The summed E-state index contributed by atoms with van der Waals surface area (Å²) in [6, 6.07) is 60.1. The molecule has 1 heteroatoms. The van der Waals surface area contributed by atoms with E-state index < -0.39 is 0 Å². The van der Waals surface area contributed by atoms with Crippen LogP contribution in [0.3, 0.4) is 0 Å². The number of aromatic nitrogens is 1. The molecule has 1 aliphatic rings. The Morgan fingerprint density at radius 2 is 1.04 bits per heavy atom. The smallest absolute Gasteiger partial charge is 0.0622 e. The van der Waals surface area contributed by atoms with E-state index in [0.717, 1.165) is 6.42 Å². The normalized spacial score (nSPS) is 14.7. The monoisotopic (exact) mass is 623 g/mol. The summed E-state index contributed by atoms with van der Waals surface area (Å²) in [6.07, 6.45) is 7.88. The Morgan fingerprint density at radius 1 is 0.449 bits per heavy atom. The van der Waals surface area contributed by atoms with Crippen LogP contribution < -0.4 is 0 Å². The summed E-state index contributed by atoms with van der Waals surface area (Å²) < 4.78 is 2.57. The van der Waals surface area contributed by atoms with Crippen molar-refractivity contribution in [1.29, 1.82) is 0 Å². The number of hydrogen-bond donors (Lipinski definition) is 0. The topological polar surface area (TPSA) is 4.93 Å². The predicted octanol–water partition coefficient (Wildman–Crippen LogP) is 13.2.